The first-order chi connectivity index (χ1) is 8.77. The van der Waals surface area contributed by atoms with Crippen LogP contribution in [-0.2, 0) is 7.05 Å². The van der Waals surface area contributed by atoms with Crippen LogP contribution < -0.4 is 5.73 Å². The number of aromatic nitrogens is 2. The van der Waals surface area contributed by atoms with Crippen LogP contribution in [0.4, 0.5) is 0 Å². The molecule has 0 amide bonds. The lowest BCUT2D eigenvalue weighted by molar-refractivity contribution is 0.298. The first-order valence-electron chi connectivity index (χ1n) is 6.94. The molecule has 18 heavy (non-hydrogen) atoms. The maximum Gasteiger partial charge on any atom is 0.126 e. The number of hydrogen-bond donors (Lipinski definition) is 1. The van der Waals surface area contributed by atoms with E-state index in [0.717, 1.165) is 11.3 Å². The lowest BCUT2D eigenvalue weighted by Gasteiger charge is -2.27. The monoisotopic (exact) mass is 243 g/mol. The summed E-state index contributed by atoms with van der Waals surface area (Å²) in [5, 5.41) is 0. The average molecular weight is 243 g/mol. The first-order valence-corrected chi connectivity index (χ1v) is 6.94. The van der Waals surface area contributed by atoms with Crippen molar-refractivity contribution in [2.45, 2.75) is 38.1 Å². The second-order valence-corrected chi connectivity index (χ2v) is 5.44. The molecule has 1 aliphatic rings. The highest BCUT2D eigenvalue weighted by Crippen LogP contribution is 2.33. The highest BCUT2D eigenvalue weighted by atomic mass is 15.1. The van der Waals surface area contributed by atoms with Crippen molar-refractivity contribution in [3.63, 3.8) is 0 Å². The SMILES string of the molecule is Cn1c(C(N)C2CCCCC2)nc2ccccc21. The second-order valence-electron chi connectivity index (χ2n) is 5.44. The fraction of sp³-hybridized carbons (Fsp3) is 0.533. The van der Waals surface area contributed by atoms with Crippen molar-refractivity contribution < 1.29 is 0 Å². The molecular formula is C15H21N3. The van der Waals surface area contributed by atoms with Gasteiger partial charge in [-0.1, -0.05) is 31.4 Å². The molecule has 1 saturated carbocycles. The fourth-order valence-electron chi connectivity index (χ4n) is 3.17. The van der Waals surface area contributed by atoms with E-state index in [-0.39, 0.29) is 6.04 Å². The molecule has 2 aromatic rings. The van der Waals surface area contributed by atoms with Crippen LogP contribution in [-0.4, -0.2) is 9.55 Å². The highest BCUT2D eigenvalue weighted by Gasteiger charge is 2.25. The van der Waals surface area contributed by atoms with Gasteiger partial charge in [0.25, 0.3) is 0 Å². The number of benzene rings is 1. The number of nitrogens with two attached hydrogens (primary N) is 1. The molecule has 1 heterocycles. The molecule has 0 saturated heterocycles. The summed E-state index contributed by atoms with van der Waals surface area (Å²) in [5.74, 6) is 1.65. The summed E-state index contributed by atoms with van der Waals surface area (Å²) in [6.45, 7) is 0. The van der Waals surface area contributed by atoms with Crippen LogP contribution in [0.15, 0.2) is 24.3 Å². The van der Waals surface area contributed by atoms with E-state index >= 15 is 0 Å². The highest BCUT2D eigenvalue weighted by molar-refractivity contribution is 5.75. The Morgan fingerprint density at radius 3 is 2.67 bits per heavy atom. The average Bonchev–Trinajstić information content (AvgIpc) is 2.77. The Morgan fingerprint density at radius 2 is 1.94 bits per heavy atom. The third-order valence-corrected chi connectivity index (χ3v) is 4.28. The molecule has 1 unspecified atom stereocenters. The van der Waals surface area contributed by atoms with E-state index in [1.54, 1.807) is 0 Å². The number of fused-ring (bicyclic) bond motifs is 1. The van der Waals surface area contributed by atoms with Gasteiger partial charge >= 0.3 is 0 Å². The molecule has 1 aromatic carbocycles. The van der Waals surface area contributed by atoms with E-state index < -0.39 is 0 Å². The van der Waals surface area contributed by atoms with E-state index in [9.17, 15) is 0 Å². The zero-order valence-corrected chi connectivity index (χ0v) is 11.0. The lowest BCUT2D eigenvalue weighted by atomic mass is 9.84. The number of nitrogens with zero attached hydrogens (tertiary/aromatic N) is 2. The topological polar surface area (TPSA) is 43.8 Å². The Kier molecular flexibility index (Phi) is 3.08. The molecule has 1 fully saturated rings. The number of aryl methyl sites for hydroxylation is 1. The number of imidazole rings is 1. The van der Waals surface area contributed by atoms with Gasteiger partial charge in [-0.15, -0.1) is 0 Å². The minimum absolute atomic E-state index is 0.0858. The predicted octanol–water partition coefficient (Wildman–Crippen LogP) is 3.15. The minimum Gasteiger partial charge on any atom is -0.330 e. The van der Waals surface area contributed by atoms with Crippen LogP contribution in [0.5, 0.6) is 0 Å². The van der Waals surface area contributed by atoms with E-state index in [1.165, 1.54) is 37.6 Å². The van der Waals surface area contributed by atoms with E-state index in [4.69, 9.17) is 10.7 Å². The summed E-state index contributed by atoms with van der Waals surface area (Å²) in [4.78, 5) is 4.73. The zero-order valence-electron chi connectivity index (χ0n) is 11.0. The summed E-state index contributed by atoms with van der Waals surface area (Å²) >= 11 is 0. The Bertz CT molecular complexity index is 538. The van der Waals surface area contributed by atoms with Crippen molar-refractivity contribution in [3.05, 3.63) is 30.1 Å². The smallest absolute Gasteiger partial charge is 0.126 e. The fourth-order valence-corrected chi connectivity index (χ4v) is 3.17. The largest absolute Gasteiger partial charge is 0.330 e. The van der Waals surface area contributed by atoms with Crippen LogP contribution in [0.3, 0.4) is 0 Å². The molecule has 0 spiro atoms. The molecule has 0 bridgehead atoms. The van der Waals surface area contributed by atoms with Crippen LogP contribution in [0, 0.1) is 5.92 Å². The van der Waals surface area contributed by atoms with Crippen LogP contribution in [0.1, 0.15) is 44.0 Å². The van der Waals surface area contributed by atoms with Crippen LogP contribution in [0.2, 0.25) is 0 Å². The van der Waals surface area contributed by atoms with Gasteiger partial charge in [0, 0.05) is 7.05 Å². The standard InChI is InChI=1S/C15H21N3/c1-18-13-10-6-5-9-12(13)17-15(18)14(16)11-7-3-2-4-8-11/h5-6,9-11,14H,2-4,7-8,16H2,1H3. The molecule has 3 nitrogen and oxygen atoms in total. The van der Waals surface area contributed by atoms with Gasteiger partial charge in [-0.25, -0.2) is 4.98 Å². The number of para-hydroxylation sites is 2. The van der Waals surface area contributed by atoms with Crippen molar-refractivity contribution in [1.82, 2.24) is 9.55 Å². The third-order valence-electron chi connectivity index (χ3n) is 4.28. The summed E-state index contributed by atoms with van der Waals surface area (Å²) in [6, 6.07) is 8.35. The summed E-state index contributed by atoms with van der Waals surface area (Å²) in [6.07, 6.45) is 6.52. The summed E-state index contributed by atoms with van der Waals surface area (Å²) in [5.41, 5.74) is 8.69. The van der Waals surface area contributed by atoms with Crippen molar-refractivity contribution in [1.29, 1.82) is 0 Å². The predicted molar refractivity (Wildman–Crippen MR) is 74.2 cm³/mol. The molecule has 0 aliphatic heterocycles. The molecule has 96 valence electrons. The quantitative estimate of drug-likeness (QED) is 0.880. The minimum atomic E-state index is 0.0858. The first kappa shape index (κ1) is 11.7. The number of hydrogen-bond acceptors (Lipinski definition) is 2. The third kappa shape index (κ3) is 1.93. The summed E-state index contributed by atoms with van der Waals surface area (Å²) < 4.78 is 2.16. The van der Waals surface area contributed by atoms with Crippen molar-refractivity contribution in [2.75, 3.05) is 0 Å². The number of rotatable bonds is 2. The van der Waals surface area contributed by atoms with Crippen molar-refractivity contribution in [3.8, 4) is 0 Å². The van der Waals surface area contributed by atoms with Gasteiger partial charge in [0.1, 0.15) is 5.82 Å². The Hall–Kier alpha value is -1.35. The normalized spacial score (nSPS) is 19.2. The lowest BCUT2D eigenvalue weighted by Crippen LogP contribution is -2.26. The Balaban J connectivity index is 1.95. The van der Waals surface area contributed by atoms with Gasteiger partial charge < -0.3 is 10.3 Å². The van der Waals surface area contributed by atoms with E-state index in [2.05, 4.69) is 29.8 Å². The summed E-state index contributed by atoms with van der Waals surface area (Å²) in [7, 11) is 2.08. The molecule has 1 atom stereocenters. The second kappa shape index (κ2) is 4.73. The van der Waals surface area contributed by atoms with Crippen molar-refractivity contribution >= 4 is 11.0 Å². The molecule has 1 aliphatic carbocycles. The molecular weight excluding hydrogens is 222 g/mol. The van der Waals surface area contributed by atoms with Crippen LogP contribution in [0.25, 0.3) is 11.0 Å². The maximum atomic E-state index is 6.45. The van der Waals surface area contributed by atoms with E-state index in [1.807, 2.05) is 6.07 Å². The van der Waals surface area contributed by atoms with Crippen molar-refractivity contribution in [2.24, 2.45) is 18.7 Å². The van der Waals surface area contributed by atoms with Gasteiger partial charge in [-0.2, -0.15) is 0 Å². The molecule has 1 aromatic heterocycles. The molecule has 3 rings (SSSR count). The van der Waals surface area contributed by atoms with E-state index in [0.29, 0.717) is 5.92 Å². The van der Waals surface area contributed by atoms with Gasteiger partial charge in [-0.3, -0.25) is 0 Å². The van der Waals surface area contributed by atoms with Gasteiger partial charge in [-0.05, 0) is 30.9 Å². The van der Waals surface area contributed by atoms with Gasteiger partial charge in [0.2, 0.25) is 0 Å². The maximum absolute atomic E-state index is 6.45. The Morgan fingerprint density at radius 1 is 1.22 bits per heavy atom. The molecule has 3 heteroatoms. The zero-order chi connectivity index (χ0) is 12.5. The molecule has 0 radical (unpaired) electrons. The van der Waals surface area contributed by atoms with Gasteiger partial charge in [0.05, 0.1) is 17.1 Å². The molecule has 2 N–H and O–H groups in total. The van der Waals surface area contributed by atoms with Gasteiger partial charge in [0.15, 0.2) is 0 Å². The van der Waals surface area contributed by atoms with Crippen LogP contribution >= 0.6 is 0 Å². The Labute approximate surface area is 108 Å².